The average molecular weight is 617 g/mol. The SMILES string of the molecule is Oc1cc(CC(F)(F)F)ccc1C1=CCC2=C(c3nc4c([nH]3)CN(Cc3ccc(Oc5ccccc5)nc3)CC4)N(F)NC2=C1. The van der Waals surface area contributed by atoms with E-state index in [0.717, 1.165) is 35.3 Å². The summed E-state index contributed by atoms with van der Waals surface area (Å²) in [6.45, 7) is 2.08. The first-order valence-electron chi connectivity index (χ1n) is 14.4. The van der Waals surface area contributed by atoms with Crippen molar-refractivity contribution in [3.05, 3.63) is 124 Å². The lowest BCUT2D eigenvalue weighted by Gasteiger charge is -2.25. The number of aromatic nitrogens is 3. The number of aromatic amines is 1. The van der Waals surface area contributed by atoms with Gasteiger partial charge in [-0.3, -0.25) is 10.3 Å². The van der Waals surface area contributed by atoms with Crippen molar-refractivity contribution in [1.29, 1.82) is 0 Å². The fourth-order valence-corrected chi connectivity index (χ4v) is 5.84. The number of fused-ring (bicyclic) bond motifs is 2. The Morgan fingerprint density at radius 3 is 2.60 bits per heavy atom. The molecule has 12 heteroatoms. The van der Waals surface area contributed by atoms with Crippen LogP contribution in [0.3, 0.4) is 0 Å². The van der Waals surface area contributed by atoms with Gasteiger partial charge in [0.15, 0.2) is 5.82 Å². The van der Waals surface area contributed by atoms with Gasteiger partial charge >= 0.3 is 6.18 Å². The van der Waals surface area contributed by atoms with E-state index in [9.17, 15) is 18.3 Å². The number of hydrogen-bond donors (Lipinski definition) is 3. The van der Waals surface area contributed by atoms with Gasteiger partial charge in [0.25, 0.3) is 0 Å². The fourth-order valence-electron chi connectivity index (χ4n) is 5.84. The van der Waals surface area contributed by atoms with E-state index in [4.69, 9.17) is 9.72 Å². The number of hydrogen-bond acceptors (Lipinski definition) is 7. The van der Waals surface area contributed by atoms with Crippen molar-refractivity contribution < 1.29 is 27.5 Å². The summed E-state index contributed by atoms with van der Waals surface area (Å²) in [5, 5.41) is 10.9. The Hall–Kier alpha value is -5.10. The first-order chi connectivity index (χ1) is 21.7. The Balaban J connectivity index is 1.04. The standard InChI is InChI=1S/C33H28F4N6O2/c34-33(35,36)16-20-6-9-24(29(44)14-20)22-8-10-25-27(15-22)41-43(37)31(25)32-39-26-12-13-42(19-28(26)40-32)18-21-7-11-30(38-17-21)45-23-4-2-1-3-5-23/h1-9,11,14-15,17,41,44H,10,12-13,16,18-19H2,(H,39,40). The molecule has 2 aromatic heterocycles. The molecule has 0 saturated carbocycles. The van der Waals surface area contributed by atoms with Crippen LogP contribution >= 0.6 is 0 Å². The van der Waals surface area contributed by atoms with Gasteiger partial charge < -0.3 is 14.8 Å². The first kappa shape index (κ1) is 28.7. The average Bonchev–Trinajstić information content (AvgIpc) is 3.56. The van der Waals surface area contributed by atoms with E-state index in [2.05, 4.69) is 20.3 Å². The minimum atomic E-state index is -4.37. The number of H-pyrrole nitrogens is 1. The van der Waals surface area contributed by atoms with Gasteiger partial charge in [0.2, 0.25) is 5.88 Å². The zero-order chi connectivity index (χ0) is 31.1. The van der Waals surface area contributed by atoms with E-state index in [0.29, 0.717) is 65.3 Å². The van der Waals surface area contributed by atoms with Gasteiger partial charge in [0.1, 0.15) is 17.2 Å². The van der Waals surface area contributed by atoms with Gasteiger partial charge in [-0.15, -0.1) is 5.23 Å². The molecule has 0 unspecified atom stereocenters. The highest BCUT2D eigenvalue weighted by molar-refractivity contribution is 5.84. The number of benzene rings is 2. The Morgan fingerprint density at radius 1 is 1.02 bits per heavy atom. The molecule has 7 rings (SSSR count). The third-order valence-electron chi connectivity index (χ3n) is 7.93. The largest absolute Gasteiger partial charge is 0.507 e. The van der Waals surface area contributed by atoms with Gasteiger partial charge in [-0.05, 0) is 47.4 Å². The van der Waals surface area contributed by atoms with E-state index in [-0.39, 0.29) is 17.0 Å². The van der Waals surface area contributed by atoms with Gasteiger partial charge in [0, 0.05) is 49.5 Å². The van der Waals surface area contributed by atoms with E-state index >= 15 is 4.48 Å². The number of alkyl halides is 3. The number of phenols is 1. The summed E-state index contributed by atoms with van der Waals surface area (Å²) in [6, 6.07) is 17.2. The molecule has 4 aromatic rings. The van der Waals surface area contributed by atoms with Crippen LogP contribution in [0.4, 0.5) is 17.7 Å². The predicted octanol–water partition coefficient (Wildman–Crippen LogP) is 6.75. The summed E-state index contributed by atoms with van der Waals surface area (Å²) < 4.78 is 59.3. The summed E-state index contributed by atoms with van der Waals surface area (Å²) in [5.41, 5.74) is 7.92. The topological polar surface area (TPSA) is 89.5 Å². The summed E-state index contributed by atoms with van der Waals surface area (Å²) in [5.74, 6) is 1.39. The van der Waals surface area contributed by atoms with Crippen LogP contribution in [-0.2, 0) is 25.9 Å². The van der Waals surface area contributed by atoms with E-state index < -0.39 is 12.6 Å². The van der Waals surface area contributed by atoms with Crippen molar-refractivity contribution in [2.45, 2.75) is 38.5 Å². The number of ether oxygens (including phenoxy) is 1. The van der Waals surface area contributed by atoms with Crippen LogP contribution in [0, 0.1) is 0 Å². The third kappa shape index (κ3) is 6.14. The lowest BCUT2D eigenvalue weighted by atomic mass is 9.92. The molecule has 0 bridgehead atoms. The number of nitrogens with one attached hydrogen (secondary N) is 2. The van der Waals surface area contributed by atoms with Crippen molar-refractivity contribution in [3.8, 4) is 17.4 Å². The number of imidazole rings is 1. The maximum atomic E-state index is 15.3. The van der Waals surface area contributed by atoms with E-state index in [1.54, 1.807) is 12.3 Å². The minimum absolute atomic E-state index is 0.0343. The molecule has 4 heterocycles. The normalized spacial score (nSPS) is 16.6. The number of para-hydroxylation sites is 1. The van der Waals surface area contributed by atoms with Crippen molar-refractivity contribution in [2.24, 2.45) is 0 Å². The van der Waals surface area contributed by atoms with Gasteiger partial charge in [-0.25, -0.2) is 9.97 Å². The molecule has 1 aliphatic carbocycles. The molecule has 45 heavy (non-hydrogen) atoms. The van der Waals surface area contributed by atoms with Crippen LogP contribution in [0.5, 0.6) is 17.4 Å². The quantitative estimate of drug-likeness (QED) is 0.156. The fraction of sp³-hybridized carbons (Fsp3) is 0.212. The summed E-state index contributed by atoms with van der Waals surface area (Å²) >= 11 is 0. The number of aromatic hydroxyl groups is 1. The highest BCUT2D eigenvalue weighted by Gasteiger charge is 2.33. The molecule has 0 amide bonds. The zero-order valence-corrected chi connectivity index (χ0v) is 23.9. The molecule has 2 aliphatic heterocycles. The van der Waals surface area contributed by atoms with Gasteiger partial charge in [-0.1, -0.05) is 47.0 Å². The van der Waals surface area contributed by atoms with Crippen molar-refractivity contribution >= 4 is 11.3 Å². The Labute approximate surface area is 255 Å². The molecule has 3 aliphatic rings. The number of hydrazine groups is 1. The molecule has 8 nitrogen and oxygen atoms in total. The Kier molecular flexibility index (Phi) is 7.28. The van der Waals surface area contributed by atoms with Crippen LogP contribution in [0.25, 0.3) is 11.3 Å². The van der Waals surface area contributed by atoms with Crippen LogP contribution < -0.4 is 10.2 Å². The van der Waals surface area contributed by atoms with E-state index in [1.165, 1.54) is 12.1 Å². The highest BCUT2D eigenvalue weighted by Crippen LogP contribution is 2.40. The molecule has 2 aromatic carbocycles. The van der Waals surface area contributed by atoms with Crippen molar-refractivity contribution in [3.63, 3.8) is 0 Å². The summed E-state index contributed by atoms with van der Waals surface area (Å²) in [6.07, 6.45) is 0.822. The number of phenolic OH excluding ortho intramolecular Hbond substituents is 1. The second-order valence-corrected chi connectivity index (χ2v) is 11.2. The Bertz CT molecular complexity index is 1830. The van der Waals surface area contributed by atoms with Crippen LogP contribution in [0.2, 0.25) is 0 Å². The molecule has 0 radical (unpaired) electrons. The van der Waals surface area contributed by atoms with Gasteiger partial charge in [0.05, 0.1) is 23.5 Å². The molecule has 0 fully saturated rings. The van der Waals surface area contributed by atoms with Gasteiger partial charge in [-0.2, -0.15) is 13.2 Å². The number of pyridine rings is 1. The smallest absolute Gasteiger partial charge is 0.393 e. The molecule has 0 atom stereocenters. The van der Waals surface area contributed by atoms with E-state index in [1.807, 2.05) is 48.5 Å². The molecule has 3 N–H and O–H groups in total. The lowest BCUT2D eigenvalue weighted by molar-refractivity contribution is -0.127. The lowest BCUT2D eigenvalue weighted by Crippen LogP contribution is -2.30. The number of nitrogens with zero attached hydrogens (tertiary/aromatic N) is 4. The predicted molar refractivity (Wildman–Crippen MR) is 159 cm³/mol. The zero-order valence-electron chi connectivity index (χ0n) is 23.9. The molecule has 0 spiro atoms. The van der Waals surface area contributed by atoms with Crippen LogP contribution in [0.15, 0.2) is 90.3 Å². The van der Waals surface area contributed by atoms with Crippen LogP contribution in [-0.4, -0.2) is 42.9 Å². The first-order valence-corrected chi connectivity index (χ1v) is 14.4. The summed E-state index contributed by atoms with van der Waals surface area (Å²) in [7, 11) is 0. The highest BCUT2D eigenvalue weighted by atomic mass is 19.4. The molecule has 0 saturated heterocycles. The maximum Gasteiger partial charge on any atom is 0.393 e. The summed E-state index contributed by atoms with van der Waals surface area (Å²) in [4.78, 5) is 14.8. The number of allylic oxidation sites excluding steroid dienone is 4. The minimum Gasteiger partial charge on any atom is -0.507 e. The molecular formula is C33H28F4N6O2. The third-order valence-corrected chi connectivity index (χ3v) is 7.93. The van der Waals surface area contributed by atoms with Crippen molar-refractivity contribution in [2.75, 3.05) is 6.54 Å². The Morgan fingerprint density at radius 2 is 1.84 bits per heavy atom. The number of halogens is 4. The molecular weight excluding hydrogens is 588 g/mol. The second kappa shape index (κ2) is 11.4. The molecule has 230 valence electrons. The maximum absolute atomic E-state index is 15.3. The second-order valence-electron chi connectivity index (χ2n) is 11.2. The monoisotopic (exact) mass is 616 g/mol. The number of rotatable bonds is 7. The van der Waals surface area contributed by atoms with Crippen LogP contribution in [0.1, 0.15) is 40.3 Å². The van der Waals surface area contributed by atoms with Crippen molar-refractivity contribution in [1.82, 2.24) is 30.5 Å².